The van der Waals surface area contributed by atoms with Gasteiger partial charge in [0, 0.05) is 5.88 Å². The molecule has 0 unspecified atom stereocenters. The minimum atomic E-state index is -1.72. The van der Waals surface area contributed by atoms with Gasteiger partial charge < -0.3 is 0 Å². The van der Waals surface area contributed by atoms with E-state index in [0.29, 0.717) is 0 Å². The topological polar surface area (TPSA) is 0 Å². The number of allylic oxidation sites excluding steroid dienone is 2. The third kappa shape index (κ3) is 4.26. The second-order valence-corrected chi connectivity index (χ2v) is 10.2. The highest BCUT2D eigenvalue weighted by Gasteiger charge is 2.43. The molecule has 3 aromatic rings. The molecule has 3 rings (SSSR count). The predicted octanol–water partition coefficient (Wildman–Crippen LogP) is 5.56. The summed E-state index contributed by atoms with van der Waals surface area (Å²) in [5, 5.41) is 4.29. The van der Waals surface area contributed by atoms with Crippen LogP contribution in [0.3, 0.4) is 0 Å². The van der Waals surface area contributed by atoms with Gasteiger partial charge in [-0.15, -0.1) is 11.6 Å². The van der Waals surface area contributed by atoms with Crippen LogP contribution in [0.4, 0.5) is 0 Å². The van der Waals surface area contributed by atoms with E-state index in [2.05, 4.69) is 103 Å². The van der Waals surface area contributed by atoms with Gasteiger partial charge in [0.2, 0.25) is 0 Å². The Morgan fingerprint density at radius 3 is 1.42 bits per heavy atom. The van der Waals surface area contributed by atoms with Crippen molar-refractivity contribution in [1.29, 1.82) is 0 Å². The second-order valence-electron chi connectivity index (χ2n) is 6.30. The van der Waals surface area contributed by atoms with E-state index in [0.717, 1.165) is 24.9 Å². The van der Waals surface area contributed by atoms with Crippen molar-refractivity contribution in [3.05, 3.63) is 103 Å². The number of benzene rings is 3. The third-order valence-electron chi connectivity index (χ3n) is 4.64. The lowest BCUT2D eigenvalue weighted by molar-refractivity contribution is 0.965. The third-order valence-corrected chi connectivity index (χ3v) is 9.21. The number of alkyl halides is 1. The van der Waals surface area contributed by atoms with Crippen LogP contribution in [0.25, 0.3) is 0 Å². The van der Waals surface area contributed by atoms with Gasteiger partial charge in [0.25, 0.3) is 0 Å². The van der Waals surface area contributed by atoms with Gasteiger partial charge in [0.05, 0.1) is 6.16 Å². The monoisotopic (exact) mass is 379 g/mol. The Bertz CT molecular complexity index is 701. The molecule has 0 N–H and O–H groups in total. The molecule has 0 spiro atoms. The summed E-state index contributed by atoms with van der Waals surface area (Å²) >= 11 is 5.83. The Kier molecular flexibility index (Phi) is 7.06. The first-order valence-corrected chi connectivity index (χ1v) is 11.6. The number of hydrogen-bond acceptors (Lipinski definition) is 0. The summed E-state index contributed by atoms with van der Waals surface area (Å²) in [5.41, 5.74) is 0. The summed E-state index contributed by atoms with van der Waals surface area (Å²) in [6.45, 7) is 0. The molecule has 0 saturated heterocycles. The van der Waals surface area contributed by atoms with Gasteiger partial charge in [0.15, 0.2) is 0 Å². The Balaban J connectivity index is 2.13. The molecule has 0 nitrogen and oxygen atoms in total. The van der Waals surface area contributed by atoms with Gasteiger partial charge in [-0.2, -0.15) is 0 Å². The van der Waals surface area contributed by atoms with Crippen molar-refractivity contribution in [2.75, 3.05) is 12.0 Å². The van der Waals surface area contributed by atoms with Crippen molar-refractivity contribution in [3.8, 4) is 0 Å². The highest BCUT2D eigenvalue weighted by atomic mass is 35.5. The maximum Gasteiger partial charge on any atom is 0.115 e. The van der Waals surface area contributed by atoms with Crippen LogP contribution in [0.2, 0.25) is 0 Å². The summed E-state index contributed by atoms with van der Waals surface area (Å²) in [4.78, 5) is 0. The van der Waals surface area contributed by atoms with Gasteiger partial charge in [-0.1, -0.05) is 66.7 Å². The molecule has 0 saturated carbocycles. The van der Waals surface area contributed by atoms with Crippen molar-refractivity contribution in [3.63, 3.8) is 0 Å². The van der Waals surface area contributed by atoms with Gasteiger partial charge >= 0.3 is 0 Å². The van der Waals surface area contributed by atoms with Crippen LogP contribution in [0.1, 0.15) is 12.8 Å². The molecule has 2 heteroatoms. The van der Waals surface area contributed by atoms with Crippen molar-refractivity contribution in [2.24, 2.45) is 0 Å². The average Bonchev–Trinajstić information content (AvgIpc) is 2.73. The predicted molar refractivity (Wildman–Crippen MR) is 119 cm³/mol. The molecule has 0 aromatic heterocycles. The molecule has 26 heavy (non-hydrogen) atoms. The molecule has 0 bridgehead atoms. The number of hydrogen-bond donors (Lipinski definition) is 0. The summed E-state index contributed by atoms with van der Waals surface area (Å²) in [7, 11) is -1.72. The van der Waals surface area contributed by atoms with E-state index < -0.39 is 7.26 Å². The minimum absolute atomic E-state index is 0.723. The maximum atomic E-state index is 5.83. The van der Waals surface area contributed by atoms with E-state index in [1.165, 1.54) is 15.9 Å². The van der Waals surface area contributed by atoms with E-state index in [1.807, 2.05) is 0 Å². The molecule has 0 aliphatic carbocycles. The standard InChI is InChI=1S/C24H25ClP/c25-20-12-1-2-13-21-26(22-14-6-3-7-15-22,23-16-8-4-9-17-23)24-18-10-5-11-19-24/h2-11,13-19H,1,12,20-21H2/q+1/b13-2+. The van der Waals surface area contributed by atoms with Crippen LogP contribution in [-0.4, -0.2) is 12.0 Å². The Morgan fingerprint density at radius 1 is 0.615 bits per heavy atom. The lowest BCUT2D eigenvalue weighted by Crippen LogP contribution is -2.32. The van der Waals surface area contributed by atoms with Crippen LogP contribution in [0, 0.1) is 0 Å². The van der Waals surface area contributed by atoms with Crippen molar-refractivity contribution in [1.82, 2.24) is 0 Å². The van der Waals surface area contributed by atoms with E-state index in [1.54, 1.807) is 0 Å². The van der Waals surface area contributed by atoms with Crippen LogP contribution >= 0.6 is 18.9 Å². The smallest absolute Gasteiger partial charge is 0.115 e. The fourth-order valence-electron chi connectivity index (χ4n) is 3.36. The molecule has 132 valence electrons. The molecule has 0 fully saturated rings. The van der Waals surface area contributed by atoms with Crippen molar-refractivity contribution >= 4 is 34.8 Å². The van der Waals surface area contributed by atoms with Gasteiger partial charge in [-0.3, -0.25) is 0 Å². The molecular weight excluding hydrogens is 355 g/mol. The first-order chi connectivity index (χ1) is 12.9. The first-order valence-electron chi connectivity index (χ1n) is 9.14. The molecule has 0 aliphatic rings. The fraction of sp³-hybridized carbons (Fsp3) is 0.167. The Hall–Kier alpha value is -1.88. The van der Waals surface area contributed by atoms with E-state index in [4.69, 9.17) is 11.6 Å². The molecule has 0 aliphatic heterocycles. The van der Waals surface area contributed by atoms with Crippen LogP contribution in [0.5, 0.6) is 0 Å². The largest absolute Gasteiger partial charge is 0.127 e. The number of halogens is 1. The summed E-state index contributed by atoms with van der Waals surface area (Å²) in [6.07, 6.45) is 7.78. The normalized spacial score (nSPS) is 11.7. The molecule has 0 radical (unpaired) electrons. The van der Waals surface area contributed by atoms with Crippen LogP contribution in [-0.2, 0) is 0 Å². The van der Waals surface area contributed by atoms with Crippen molar-refractivity contribution in [2.45, 2.75) is 12.8 Å². The molecule has 0 heterocycles. The highest BCUT2D eigenvalue weighted by Crippen LogP contribution is 2.55. The lowest BCUT2D eigenvalue weighted by atomic mass is 10.3. The fourth-order valence-corrected chi connectivity index (χ4v) is 7.55. The minimum Gasteiger partial charge on any atom is -0.127 e. The molecule has 0 amide bonds. The maximum absolute atomic E-state index is 5.83. The Morgan fingerprint density at radius 2 is 1.04 bits per heavy atom. The van der Waals surface area contributed by atoms with Crippen molar-refractivity contribution < 1.29 is 0 Å². The average molecular weight is 380 g/mol. The quantitative estimate of drug-likeness (QED) is 0.208. The van der Waals surface area contributed by atoms with E-state index >= 15 is 0 Å². The SMILES string of the molecule is ClCCC/C=C/C[P+](c1ccccc1)(c1ccccc1)c1ccccc1. The van der Waals surface area contributed by atoms with Crippen LogP contribution < -0.4 is 15.9 Å². The zero-order valence-electron chi connectivity index (χ0n) is 15.0. The summed E-state index contributed by atoms with van der Waals surface area (Å²) in [5.74, 6) is 0.723. The summed E-state index contributed by atoms with van der Waals surface area (Å²) < 4.78 is 0. The lowest BCUT2D eigenvalue weighted by Gasteiger charge is -2.26. The number of unbranched alkanes of at least 4 members (excludes halogenated alkanes) is 1. The van der Waals surface area contributed by atoms with E-state index in [9.17, 15) is 0 Å². The Labute approximate surface area is 162 Å². The second kappa shape index (κ2) is 9.72. The summed E-state index contributed by atoms with van der Waals surface area (Å²) in [6, 6.07) is 33.0. The zero-order valence-corrected chi connectivity index (χ0v) is 16.6. The molecule has 3 aromatic carbocycles. The van der Waals surface area contributed by atoms with Gasteiger partial charge in [-0.25, -0.2) is 0 Å². The number of rotatable bonds is 8. The first kappa shape index (κ1) is 18.9. The highest BCUT2D eigenvalue weighted by molar-refractivity contribution is 7.95. The van der Waals surface area contributed by atoms with Gasteiger partial charge in [-0.05, 0) is 49.2 Å². The molecule has 0 atom stereocenters. The molecular formula is C24H25ClP+. The zero-order chi connectivity index (χ0) is 18.1. The van der Waals surface area contributed by atoms with Crippen LogP contribution in [0.15, 0.2) is 103 Å². The van der Waals surface area contributed by atoms with Gasteiger partial charge in [0.1, 0.15) is 23.2 Å². The van der Waals surface area contributed by atoms with E-state index in [-0.39, 0.29) is 0 Å².